The third-order valence-electron chi connectivity index (χ3n) is 4.85. The molecule has 0 saturated carbocycles. The first-order valence-electron chi connectivity index (χ1n) is 10.7. The third-order valence-corrected chi connectivity index (χ3v) is 5.36. The number of hydrogen-bond donors (Lipinski definition) is 1. The Bertz CT molecular complexity index is 1460. The van der Waals surface area contributed by atoms with Crippen LogP contribution in [0.5, 0.6) is 11.5 Å². The maximum absolute atomic E-state index is 12.7. The quantitative estimate of drug-likeness (QED) is 0.143. The van der Waals surface area contributed by atoms with Crippen LogP contribution in [-0.4, -0.2) is 29.0 Å². The van der Waals surface area contributed by atoms with Gasteiger partial charge in [0, 0.05) is 34.1 Å². The Morgan fingerprint density at radius 3 is 2.00 bits per heavy atom. The Morgan fingerprint density at radius 2 is 1.41 bits per heavy atom. The predicted octanol–water partition coefficient (Wildman–Crippen LogP) is 5.59. The lowest BCUT2D eigenvalue weighted by Crippen LogP contribution is -2.18. The molecule has 4 aromatic rings. The molecule has 3 aromatic carbocycles. The average molecular weight is 534 g/mol. The molecule has 1 aromatic heterocycles. The minimum Gasteiger partial charge on any atom is -0.423 e. The highest BCUT2D eigenvalue weighted by atomic mass is 35.5. The summed E-state index contributed by atoms with van der Waals surface area (Å²) in [4.78, 5) is 41.3. The van der Waals surface area contributed by atoms with Gasteiger partial charge in [0.15, 0.2) is 0 Å². The van der Waals surface area contributed by atoms with Crippen LogP contribution in [0.2, 0.25) is 10.0 Å². The number of carbonyl (C=O) groups excluding carboxylic acids is 3. The molecule has 0 aliphatic heterocycles. The van der Waals surface area contributed by atoms with Gasteiger partial charge in [0.25, 0.3) is 5.91 Å². The lowest BCUT2D eigenvalue weighted by Gasteiger charge is -2.11. The second-order valence-corrected chi connectivity index (χ2v) is 8.31. The van der Waals surface area contributed by atoms with Crippen LogP contribution in [0.1, 0.15) is 36.6 Å². The number of halogens is 2. The fraction of sp³-hybridized carbons (Fsp3) is 0. The fourth-order valence-electron chi connectivity index (χ4n) is 2.99. The van der Waals surface area contributed by atoms with Gasteiger partial charge in [-0.05, 0) is 72.8 Å². The zero-order valence-corrected chi connectivity index (χ0v) is 20.4. The van der Waals surface area contributed by atoms with Crippen LogP contribution in [0.25, 0.3) is 0 Å². The number of carbonyl (C=O) groups is 3. The van der Waals surface area contributed by atoms with Gasteiger partial charge in [-0.15, -0.1) is 0 Å². The van der Waals surface area contributed by atoms with Crippen molar-refractivity contribution in [3.63, 3.8) is 0 Å². The van der Waals surface area contributed by atoms with Crippen LogP contribution in [0.15, 0.2) is 96.4 Å². The summed E-state index contributed by atoms with van der Waals surface area (Å²) in [5.74, 6) is -1.61. The summed E-state index contributed by atoms with van der Waals surface area (Å²) in [7, 11) is 0. The molecule has 0 spiro atoms. The van der Waals surface area contributed by atoms with Crippen LogP contribution in [-0.2, 0) is 0 Å². The van der Waals surface area contributed by atoms with E-state index in [0.29, 0.717) is 21.2 Å². The third kappa shape index (κ3) is 7.00. The van der Waals surface area contributed by atoms with Gasteiger partial charge in [-0.3, -0.25) is 9.78 Å². The minimum absolute atomic E-state index is 0.0423. The van der Waals surface area contributed by atoms with E-state index in [1.54, 1.807) is 42.6 Å². The monoisotopic (exact) mass is 533 g/mol. The highest BCUT2D eigenvalue weighted by Gasteiger charge is 2.15. The largest absolute Gasteiger partial charge is 0.423 e. The summed E-state index contributed by atoms with van der Waals surface area (Å²) in [6.45, 7) is 0. The predicted molar refractivity (Wildman–Crippen MR) is 139 cm³/mol. The van der Waals surface area contributed by atoms with Crippen molar-refractivity contribution in [2.24, 2.45) is 5.10 Å². The lowest BCUT2D eigenvalue weighted by molar-refractivity contribution is 0.0732. The second-order valence-electron chi connectivity index (χ2n) is 7.43. The van der Waals surface area contributed by atoms with E-state index in [0.717, 1.165) is 0 Å². The number of esters is 2. The Balaban J connectivity index is 1.56. The average Bonchev–Trinajstić information content (AvgIpc) is 2.91. The van der Waals surface area contributed by atoms with Crippen LogP contribution in [0.3, 0.4) is 0 Å². The standard InChI is InChI=1S/C27H17Cl2N3O5/c28-21-8-3-17(4-9-21)26(34)36-23-12-7-19(16-31-32-25(33)20-2-1-13-30-15-20)24(14-23)37-27(35)18-5-10-22(29)11-6-18/h1-16H,(H,32,33)/b31-16-. The number of aromatic nitrogens is 1. The van der Waals surface area contributed by atoms with E-state index in [-0.39, 0.29) is 22.6 Å². The molecule has 0 aliphatic rings. The molecular weight excluding hydrogens is 517 g/mol. The molecule has 10 heteroatoms. The van der Waals surface area contributed by atoms with Crippen LogP contribution >= 0.6 is 23.2 Å². The molecule has 0 unspecified atom stereocenters. The van der Waals surface area contributed by atoms with Gasteiger partial charge in [-0.25, -0.2) is 15.0 Å². The van der Waals surface area contributed by atoms with Crippen molar-refractivity contribution in [1.82, 2.24) is 10.4 Å². The number of benzene rings is 3. The molecule has 1 N–H and O–H groups in total. The van der Waals surface area contributed by atoms with Gasteiger partial charge >= 0.3 is 11.9 Å². The van der Waals surface area contributed by atoms with E-state index in [1.807, 2.05) is 0 Å². The van der Waals surface area contributed by atoms with Gasteiger partial charge < -0.3 is 9.47 Å². The molecule has 0 fully saturated rings. The van der Waals surface area contributed by atoms with Crippen molar-refractivity contribution < 1.29 is 23.9 Å². The Morgan fingerprint density at radius 1 is 0.784 bits per heavy atom. The zero-order valence-electron chi connectivity index (χ0n) is 18.9. The van der Waals surface area contributed by atoms with Gasteiger partial charge in [-0.2, -0.15) is 5.10 Å². The SMILES string of the molecule is O=C(N/N=C\c1ccc(OC(=O)c2ccc(Cl)cc2)cc1OC(=O)c1ccc(Cl)cc1)c1cccnc1. The number of pyridine rings is 1. The molecule has 0 radical (unpaired) electrons. The van der Waals surface area contributed by atoms with Gasteiger partial charge in [0.2, 0.25) is 0 Å². The molecular formula is C27H17Cl2N3O5. The number of ether oxygens (including phenoxy) is 2. The molecule has 4 rings (SSSR count). The summed E-state index contributed by atoms with van der Waals surface area (Å²) in [6, 6.07) is 19.9. The highest BCUT2D eigenvalue weighted by Crippen LogP contribution is 2.26. The Labute approximate surface area is 221 Å². The normalized spacial score (nSPS) is 10.6. The molecule has 0 bridgehead atoms. The topological polar surface area (TPSA) is 107 Å². The molecule has 37 heavy (non-hydrogen) atoms. The first kappa shape index (κ1) is 25.6. The van der Waals surface area contributed by atoms with E-state index in [1.165, 1.54) is 54.9 Å². The van der Waals surface area contributed by atoms with Crippen LogP contribution < -0.4 is 14.9 Å². The van der Waals surface area contributed by atoms with Crippen molar-refractivity contribution in [3.8, 4) is 11.5 Å². The summed E-state index contributed by atoms with van der Waals surface area (Å²) in [5.41, 5.74) is 3.57. The van der Waals surface area contributed by atoms with Gasteiger partial charge in [0.05, 0.1) is 22.9 Å². The molecule has 1 heterocycles. The number of rotatable bonds is 7. The molecule has 0 atom stereocenters. The fourth-order valence-corrected chi connectivity index (χ4v) is 3.24. The van der Waals surface area contributed by atoms with E-state index in [4.69, 9.17) is 32.7 Å². The maximum Gasteiger partial charge on any atom is 0.343 e. The summed E-state index contributed by atoms with van der Waals surface area (Å²) < 4.78 is 11.0. The number of amides is 1. The Hall–Kier alpha value is -4.53. The van der Waals surface area contributed by atoms with Gasteiger partial charge in [-0.1, -0.05) is 23.2 Å². The first-order chi connectivity index (χ1) is 17.9. The van der Waals surface area contributed by atoms with Crippen molar-refractivity contribution in [2.45, 2.75) is 0 Å². The second kappa shape index (κ2) is 11.9. The van der Waals surface area contributed by atoms with E-state index in [9.17, 15) is 14.4 Å². The minimum atomic E-state index is -0.674. The molecule has 184 valence electrons. The molecule has 1 amide bonds. The number of hydrazone groups is 1. The van der Waals surface area contributed by atoms with Crippen molar-refractivity contribution in [2.75, 3.05) is 0 Å². The van der Waals surface area contributed by atoms with Crippen molar-refractivity contribution in [3.05, 3.63) is 124 Å². The van der Waals surface area contributed by atoms with Gasteiger partial charge in [0.1, 0.15) is 11.5 Å². The maximum atomic E-state index is 12.7. The number of hydrogen-bond acceptors (Lipinski definition) is 7. The van der Waals surface area contributed by atoms with E-state index < -0.39 is 17.8 Å². The molecule has 8 nitrogen and oxygen atoms in total. The Kier molecular flexibility index (Phi) is 8.25. The highest BCUT2D eigenvalue weighted by molar-refractivity contribution is 6.31. The summed E-state index contributed by atoms with van der Waals surface area (Å²) in [5, 5.41) is 4.88. The summed E-state index contributed by atoms with van der Waals surface area (Å²) in [6.07, 6.45) is 4.24. The number of nitrogens with zero attached hydrogens (tertiary/aromatic N) is 2. The van der Waals surface area contributed by atoms with Crippen molar-refractivity contribution in [1.29, 1.82) is 0 Å². The van der Waals surface area contributed by atoms with E-state index in [2.05, 4.69) is 15.5 Å². The number of nitrogens with one attached hydrogen (secondary N) is 1. The smallest absolute Gasteiger partial charge is 0.343 e. The van der Waals surface area contributed by atoms with E-state index >= 15 is 0 Å². The van der Waals surface area contributed by atoms with Crippen LogP contribution in [0, 0.1) is 0 Å². The molecule has 0 aliphatic carbocycles. The summed E-state index contributed by atoms with van der Waals surface area (Å²) >= 11 is 11.8. The lowest BCUT2D eigenvalue weighted by atomic mass is 10.2. The van der Waals surface area contributed by atoms with Crippen molar-refractivity contribution >= 4 is 47.3 Å². The first-order valence-corrected chi connectivity index (χ1v) is 11.5. The van der Waals surface area contributed by atoms with Crippen LogP contribution in [0.4, 0.5) is 0 Å². The zero-order chi connectivity index (χ0) is 26.2. The molecule has 0 saturated heterocycles.